The van der Waals surface area contributed by atoms with Crippen LogP contribution in [0, 0.1) is 0 Å². The van der Waals surface area contributed by atoms with Gasteiger partial charge >= 0.3 is 0 Å². The molecule has 1 aliphatic rings. The number of nitrogens with one attached hydrogen (secondary N) is 1. The van der Waals surface area contributed by atoms with Crippen LogP contribution in [0.2, 0.25) is 0 Å². The highest BCUT2D eigenvalue weighted by atomic mass is 32.1. The summed E-state index contributed by atoms with van der Waals surface area (Å²) in [5.41, 5.74) is 0. The van der Waals surface area contributed by atoms with Crippen molar-refractivity contribution < 1.29 is 0 Å². The maximum absolute atomic E-state index is 5.03. The SMILES string of the molecule is CC(C)N1CCNC1=S. The molecule has 0 saturated carbocycles. The predicted octanol–water partition coefficient (Wildman–Crippen LogP) is 0.585. The molecule has 9 heavy (non-hydrogen) atoms. The van der Waals surface area contributed by atoms with E-state index in [0.29, 0.717) is 6.04 Å². The summed E-state index contributed by atoms with van der Waals surface area (Å²) in [6.45, 7) is 6.38. The van der Waals surface area contributed by atoms with Crippen molar-refractivity contribution in [3.63, 3.8) is 0 Å². The van der Waals surface area contributed by atoms with Crippen LogP contribution in [0.1, 0.15) is 13.8 Å². The molecule has 0 amide bonds. The molecular weight excluding hydrogens is 132 g/mol. The van der Waals surface area contributed by atoms with Crippen LogP contribution >= 0.6 is 12.2 Å². The molecule has 1 N–H and O–H groups in total. The van der Waals surface area contributed by atoms with Gasteiger partial charge in [-0.05, 0) is 26.1 Å². The summed E-state index contributed by atoms with van der Waals surface area (Å²) >= 11 is 5.03. The zero-order chi connectivity index (χ0) is 6.85. The van der Waals surface area contributed by atoms with Gasteiger partial charge < -0.3 is 10.2 Å². The minimum Gasteiger partial charge on any atom is -0.361 e. The second-order valence-corrected chi connectivity index (χ2v) is 2.91. The van der Waals surface area contributed by atoms with E-state index in [0.717, 1.165) is 18.2 Å². The first-order valence-electron chi connectivity index (χ1n) is 3.26. The van der Waals surface area contributed by atoms with E-state index >= 15 is 0 Å². The van der Waals surface area contributed by atoms with E-state index in [9.17, 15) is 0 Å². The van der Waals surface area contributed by atoms with E-state index in [1.807, 2.05) is 0 Å². The Kier molecular flexibility index (Phi) is 1.90. The van der Waals surface area contributed by atoms with E-state index in [1.165, 1.54) is 0 Å². The normalized spacial score (nSPS) is 19.0. The number of thiocarbonyl (C=S) groups is 1. The number of hydrogen-bond acceptors (Lipinski definition) is 1. The fraction of sp³-hybridized carbons (Fsp3) is 0.833. The van der Waals surface area contributed by atoms with Crippen molar-refractivity contribution in [2.75, 3.05) is 13.1 Å². The van der Waals surface area contributed by atoms with Gasteiger partial charge in [0.1, 0.15) is 0 Å². The van der Waals surface area contributed by atoms with Crippen molar-refractivity contribution in [1.82, 2.24) is 10.2 Å². The molecule has 0 aromatic carbocycles. The first kappa shape index (κ1) is 6.81. The maximum atomic E-state index is 5.03. The molecule has 0 radical (unpaired) electrons. The summed E-state index contributed by atoms with van der Waals surface area (Å²) in [7, 11) is 0. The van der Waals surface area contributed by atoms with Gasteiger partial charge in [-0.3, -0.25) is 0 Å². The fourth-order valence-corrected chi connectivity index (χ4v) is 1.38. The minimum atomic E-state index is 0.549. The van der Waals surface area contributed by atoms with Crippen molar-refractivity contribution in [2.24, 2.45) is 0 Å². The molecule has 0 bridgehead atoms. The molecule has 0 aromatic heterocycles. The standard InChI is InChI=1S/C6H12N2S/c1-5(2)8-4-3-7-6(8)9/h5H,3-4H2,1-2H3,(H,7,9). The van der Waals surface area contributed by atoms with Crippen LogP contribution < -0.4 is 5.32 Å². The number of rotatable bonds is 1. The molecule has 0 spiro atoms. The quantitative estimate of drug-likeness (QED) is 0.542. The average Bonchev–Trinajstić information content (AvgIpc) is 2.13. The van der Waals surface area contributed by atoms with Gasteiger partial charge in [-0.15, -0.1) is 0 Å². The van der Waals surface area contributed by atoms with E-state index in [1.54, 1.807) is 0 Å². The Morgan fingerprint density at radius 3 is 2.56 bits per heavy atom. The van der Waals surface area contributed by atoms with Crippen LogP contribution in [-0.4, -0.2) is 29.1 Å². The summed E-state index contributed by atoms with van der Waals surface area (Å²) in [4.78, 5) is 2.19. The zero-order valence-electron chi connectivity index (χ0n) is 5.85. The van der Waals surface area contributed by atoms with Crippen LogP contribution in [0.25, 0.3) is 0 Å². The third kappa shape index (κ3) is 1.33. The van der Waals surface area contributed by atoms with Crippen LogP contribution in [0.4, 0.5) is 0 Å². The fourth-order valence-electron chi connectivity index (χ4n) is 0.979. The largest absolute Gasteiger partial charge is 0.361 e. The van der Waals surface area contributed by atoms with Crippen molar-refractivity contribution >= 4 is 17.3 Å². The van der Waals surface area contributed by atoms with E-state index in [-0.39, 0.29) is 0 Å². The van der Waals surface area contributed by atoms with Crippen molar-refractivity contribution in [3.8, 4) is 0 Å². The Morgan fingerprint density at radius 1 is 1.67 bits per heavy atom. The summed E-state index contributed by atoms with van der Waals surface area (Å²) in [6, 6.07) is 0.549. The zero-order valence-corrected chi connectivity index (χ0v) is 6.66. The monoisotopic (exact) mass is 144 g/mol. The highest BCUT2D eigenvalue weighted by Gasteiger charge is 2.17. The molecule has 1 saturated heterocycles. The molecule has 1 heterocycles. The smallest absolute Gasteiger partial charge is 0.169 e. The summed E-state index contributed by atoms with van der Waals surface area (Å²) in [5, 5.41) is 4.02. The summed E-state index contributed by atoms with van der Waals surface area (Å²) in [6.07, 6.45) is 0. The Labute approximate surface area is 61.2 Å². The third-order valence-corrected chi connectivity index (χ3v) is 1.89. The highest BCUT2D eigenvalue weighted by molar-refractivity contribution is 7.80. The molecule has 0 unspecified atom stereocenters. The summed E-state index contributed by atoms with van der Waals surface area (Å²) in [5.74, 6) is 0. The Bertz CT molecular complexity index is 122. The van der Waals surface area contributed by atoms with Crippen LogP contribution in [0.5, 0.6) is 0 Å². The average molecular weight is 144 g/mol. The summed E-state index contributed by atoms with van der Waals surface area (Å²) < 4.78 is 0. The highest BCUT2D eigenvalue weighted by Crippen LogP contribution is 2.02. The molecule has 1 aliphatic heterocycles. The second kappa shape index (κ2) is 2.52. The van der Waals surface area contributed by atoms with E-state index in [2.05, 4.69) is 24.1 Å². The van der Waals surface area contributed by atoms with Crippen LogP contribution in [0.15, 0.2) is 0 Å². The Hall–Kier alpha value is -0.310. The van der Waals surface area contributed by atoms with Crippen molar-refractivity contribution in [1.29, 1.82) is 0 Å². The molecule has 3 heteroatoms. The molecule has 1 fully saturated rings. The molecule has 52 valence electrons. The lowest BCUT2D eigenvalue weighted by Crippen LogP contribution is -2.33. The first-order chi connectivity index (χ1) is 4.22. The van der Waals surface area contributed by atoms with Crippen LogP contribution in [-0.2, 0) is 0 Å². The van der Waals surface area contributed by atoms with E-state index in [4.69, 9.17) is 12.2 Å². The molecule has 0 atom stereocenters. The molecule has 1 rings (SSSR count). The van der Waals surface area contributed by atoms with Gasteiger partial charge in [0.2, 0.25) is 0 Å². The van der Waals surface area contributed by atoms with Gasteiger partial charge in [-0.2, -0.15) is 0 Å². The predicted molar refractivity (Wildman–Crippen MR) is 42.4 cm³/mol. The number of hydrogen-bond donors (Lipinski definition) is 1. The minimum absolute atomic E-state index is 0.549. The lowest BCUT2D eigenvalue weighted by atomic mass is 10.3. The second-order valence-electron chi connectivity index (χ2n) is 2.52. The van der Waals surface area contributed by atoms with Crippen molar-refractivity contribution in [3.05, 3.63) is 0 Å². The van der Waals surface area contributed by atoms with Gasteiger partial charge in [-0.25, -0.2) is 0 Å². The Morgan fingerprint density at radius 2 is 2.33 bits per heavy atom. The van der Waals surface area contributed by atoms with Gasteiger partial charge in [0.15, 0.2) is 5.11 Å². The van der Waals surface area contributed by atoms with E-state index < -0.39 is 0 Å². The van der Waals surface area contributed by atoms with Gasteiger partial charge in [0.05, 0.1) is 0 Å². The van der Waals surface area contributed by atoms with Gasteiger partial charge in [0, 0.05) is 19.1 Å². The van der Waals surface area contributed by atoms with Gasteiger partial charge in [-0.1, -0.05) is 0 Å². The number of nitrogens with zero attached hydrogens (tertiary/aromatic N) is 1. The first-order valence-corrected chi connectivity index (χ1v) is 3.67. The van der Waals surface area contributed by atoms with Crippen molar-refractivity contribution in [2.45, 2.75) is 19.9 Å². The molecule has 0 aliphatic carbocycles. The van der Waals surface area contributed by atoms with Crippen LogP contribution in [0.3, 0.4) is 0 Å². The molecule has 0 aromatic rings. The lowest BCUT2D eigenvalue weighted by Gasteiger charge is -2.20. The molecular formula is C6H12N2S. The van der Waals surface area contributed by atoms with Gasteiger partial charge in [0.25, 0.3) is 0 Å². The topological polar surface area (TPSA) is 15.3 Å². The third-order valence-electron chi connectivity index (χ3n) is 1.51. The lowest BCUT2D eigenvalue weighted by molar-refractivity contribution is 0.389. The Balaban J connectivity index is 2.49. The molecule has 2 nitrogen and oxygen atoms in total. The maximum Gasteiger partial charge on any atom is 0.169 e.